The molecule has 2 aliphatic carbocycles. The van der Waals surface area contributed by atoms with Gasteiger partial charge in [0, 0.05) is 43.2 Å². The molecule has 166 valence electrons. The van der Waals surface area contributed by atoms with Gasteiger partial charge in [-0.2, -0.15) is 18.3 Å². The van der Waals surface area contributed by atoms with Crippen LogP contribution < -0.4 is 5.32 Å². The average Bonchev–Trinajstić information content (AvgIpc) is 3.03. The van der Waals surface area contributed by atoms with Gasteiger partial charge in [-0.1, -0.05) is 0 Å². The van der Waals surface area contributed by atoms with E-state index in [1.165, 1.54) is 10.7 Å². The van der Waals surface area contributed by atoms with E-state index in [9.17, 15) is 26.7 Å². The van der Waals surface area contributed by atoms with E-state index >= 15 is 0 Å². The van der Waals surface area contributed by atoms with Gasteiger partial charge in [0.15, 0.2) is 11.5 Å². The molecule has 3 aliphatic rings. The highest BCUT2D eigenvalue weighted by molar-refractivity contribution is 5.94. The van der Waals surface area contributed by atoms with Crippen LogP contribution in [-0.4, -0.2) is 52.4 Å². The van der Waals surface area contributed by atoms with Crippen LogP contribution in [0.15, 0.2) is 18.2 Å². The largest absolute Gasteiger partial charge is 0.390 e. The lowest BCUT2D eigenvalue weighted by Gasteiger charge is -2.17. The lowest BCUT2D eigenvalue weighted by atomic mass is 10.1. The first-order valence-electron chi connectivity index (χ1n) is 10.4. The summed E-state index contributed by atoms with van der Waals surface area (Å²) in [7, 11) is 0. The number of nitrogens with one attached hydrogen (secondary N) is 1. The normalized spacial score (nSPS) is 24.9. The molecule has 5 nitrogen and oxygen atoms in total. The van der Waals surface area contributed by atoms with E-state index in [0.717, 1.165) is 29.8 Å². The van der Waals surface area contributed by atoms with Crippen LogP contribution in [0.5, 0.6) is 0 Å². The Bertz CT molecular complexity index is 1030. The number of hydrogen-bond acceptors (Lipinski definition) is 3. The number of halogens is 5. The number of carbonyl (C=O) groups excluding carboxylic acids is 1. The van der Waals surface area contributed by atoms with Gasteiger partial charge in [0.05, 0.1) is 12.1 Å². The van der Waals surface area contributed by atoms with Gasteiger partial charge in [-0.15, -0.1) is 0 Å². The Morgan fingerprint density at radius 2 is 2.06 bits per heavy atom. The fourth-order valence-electron chi connectivity index (χ4n) is 4.83. The van der Waals surface area contributed by atoms with Gasteiger partial charge in [0.1, 0.15) is 11.5 Å². The molecule has 1 saturated carbocycles. The molecule has 0 unspecified atom stereocenters. The molecule has 10 heteroatoms. The molecule has 1 aromatic heterocycles. The van der Waals surface area contributed by atoms with Gasteiger partial charge < -0.3 is 10.2 Å². The van der Waals surface area contributed by atoms with Crippen LogP contribution in [0.3, 0.4) is 0 Å². The number of fused-ring (bicyclic) bond motifs is 3. The van der Waals surface area contributed by atoms with Crippen molar-refractivity contribution in [1.82, 2.24) is 20.0 Å². The predicted octanol–water partition coefficient (Wildman–Crippen LogP) is 3.57. The summed E-state index contributed by atoms with van der Waals surface area (Å²) in [5.41, 5.74) is 1.91. The number of likely N-dealkylation sites (tertiary alicyclic amines) is 1. The van der Waals surface area contributed by atoms with Crippen molar-refractivity contribution >= 4 is 5.91 Å². The van der Waals surface area contributed by atoms with Crippen LogP contribution in [0.25, 0.3) is 5.69 Å². The predicted molar refractivity (Wildman–Crippen MR) is 101 cm³/mol. The maximum atomic E-state index is 14.4. The van der Waals surface area contributed by atoms with E-state index in [2.05, 4.69) is 10.4 Å². The minimum atomic E-state index is -4.20. The quantitative estimate of drug-likeness (QED) is 0.724. The second kappa shape index (κ2) is 7.29. The SMILES string of the molecule is O=C(N[C@H]1CCN(CCC(F)(F)F)C1)c1nn(-c2ccc(F)cc2F)c2c1C[C@H]1C[C@@H]21. The number of aromatic nitrogens is 2. The number of carbonyl (C=O) groups is 1. The molecule has 1 amide bonds. The molecule has 0 spiro atoms. The molecule has 0 bridgehead atoms. The summed E-state index contributed by atoms with van der Waals surface area (Å²) >= 11 is 0. The van der Waals surface area contributed by atoms with Crippen molar-refractivity contribution in [2.75, 3.05) is 19.6 Å². The molecule has 1 aromatic carbocycles. The molecule has 0 radical (unpaired) electrons. The molecule has 5 rings (SSSR count). The Morgan fingerprint density at radius 1 is 1.26 bits per heavy atom. The van der Waals surface area contributed by atoms with Gasteiger partial charge in [-0.05, 0) is 37.3 Å². The molecule has 2 heterocycles. The van der Waals surface area contributed by atoms with Crippen LogP contribution in [0.4, 0.5) is 22.0 Å². The zero-order chi connectivity index (χ0) is 21.9. The molecule has 1 aliphatic heterocycles. The summed E-state index contributed by atoms with van der Waals surface area (Å²) in [4.78, 5) is 14.6. The Balaban J connectivity index is 1.33. The summed E-state index contributed by atoms with van der Waals surface area (Å²) in [6.45, 7) is 0.744. The van der Waals surface area contributed by atoms with Crippen molar-refractivity contribution in [1.29, 1.82) is 0 Å². The van der Waals surface area contributed by atoms with Gasteiger partial charge in [0.2, 0.25) is 0 Å². The average molecular weight is 440 g/mol. The highest BCUT2D eigenvalue weighted by Crippen LogP contribution is 2.57. The highest BCUT2D eigenvalue weighted by atomic mass is 19.4. The second-order valence-corrected chi connectivity index (χ2v) is 8.65. The Hall–Kier alpha value is -2.49. The molecule has 1 saturated heterocycles. The molecular formula is C21H21F5N4O. The molecular weight excluding hydrogens is 419 g/mol. The third-order valence-electron chi connectivity index (χ3n) is 6.44. The monoisotopic (exact) mass is 440 g/mol. The Kier molecular flexibility index (Phi) is 4.80. The number of amides is 1. The van der Waals surface area contributed by atoms with E-state index in [1.54, 1.807) is 4.90 Å². The van der Waals surface area contributed by atoms with E-state index in [1.807, 2.05) is 0 Å². The van der Waals surface area contributed by atoms with Crippen LogP contribution >= 0.6 is 0 Å². The van der Waals surface area contributed by atoms with Gasteiger partial charge in [-0.25, -0.2) is 13.5 Å². The van der Waals surface area contributed by atoms with Crippen molar-refractivity contribution in [2.24, 2.45) is 5.92 Å². The van der Waals surface area contributed by atoms with Crippen LogP contribution in [0, 0.1) is 17.6 Å². The van der Waals surface area contributed by atoms with Crippen molar-refractivity contribution in [2.45, 2.75) is 43.8 Å². The minimum absolute atomic E-state index is 0.0902. The number of alkyl halides is 3. The highest BCUT2D eigenvalue weighted by Gasteiger charge is 2.50. The standard InChI is InChI=1S/C21H21F5N4O/c22-12-1-2-17(16(23)9-12)30-19-14-7-11(14)8-15(19)18(28-30)20(31)27-13-3-5-29(10-13)6-4-21(24,25)26/h1-2,9,11,13-14H,3-8,10H2,(H,27,31)/t11-,13+,14-/m1/s1. The van der Waals surface area contributed by atoms with Crippen LogP contribution in [0.2, 0.25) is 0 Å². The van der Waals surface area contributed by atoms with Crippen molar-refractivity contribution in [3.8, 4) is 5.69 Å². The Labute approximate surface area is 175 Å². The number of nitrogens with zero attached hydrogens (tertiary/aromatic N) is 3. The third-order valence-corrected chi connectivity index (χ3v) is 6.44. The van der Waals surface area contributed by atoms with Gasteiger partial charge in [-0.3, -0.25) is 4.79 Å². The van der Waals surface area contributed by atoms with E-state index in [-0.39, 0.29) is 29.9 Å². The van der Waals surface area contributed by atoms with Crippen LogP contribution in [-0.2, 0) is 6.42 Å². The first-order valence-corrected chi connectivity index (χ1v) is 10.4. The molecule has 3 atom stereocenters. The fourth-order valence-corrected chi connectivity index (χ4v) is 4.83. The first kappa shape index (κ1) is 20.4. The van der Waals surface area contributed by atoms with Gasteiger partial charge in [0.25, 0.3) is 5.91 Å². The summed E-state index contributed by atoms with van der Waals surface area (Å²) in [6, 6.07) is 2.99. The lowest BCUT2D eigenvalue weighted by Crippen LogP contribution is -2.38. The fraction of sp³-hybridized carbons (Fsp3) is 0.524. The molecule has 1 N–H and O–H groups in total. The lowest BCUT2D eigenvalue weighted by molar-refractivity contribution is -0.137. The molecule has 2 aromatic rings. The molecule has 2 fully saturated rings. The topological polar surface area (TPSA) is 50.2 Å². The minimum Gasteiger partial charge on any atom is -0.347 e. The van der Waals surface area contributed by atoms with Crippen molar-refractivity contribution in [3.63, 3.8) is 0 Å². The van der Waals surface area contributed by atoms with Crippen LogP contribution in [0.1, 0.15) is 46.9 Å². The van der Waals surface area contributed by atoms with E-state index < -0.39 is 30.1 Å². The zero-order valence-electron chi connectivity index (χ0n) is 16.6. The number of hydrogen-bond donors (Lipinski definition) is 1. The molecule has 31 heavy (non-hydrogen) atoms. The second-order valence-electron chi connectivity index (χ2n) is 8.65. The maximum absolute atomic E-state index is 14.4. The maximum Gasteiger partial charge on any atom is 0.390 e. The summed E-state index contributed by atoms with van der Waals surface area (Å²) in [5, 5.41) is 7.26. The van der Waals surface area contributed by atoms with Crippen molar-refractivity contribution < 1.29 is 26.7 Å². The number of benzene rings is 1. The Morgan fingerprint density at radius 3 is 2.81 bits per heavy atom. The number of rotatable bonds is 5. The summed E-state index contributed by atoms with van der Waals surface area (Å²) in [6.07, 6.45) is -2.87. The zero-order valence-corrected chi connectivity index (χ0v) is 16.6. The first-order chi connectivity index (χ1) is 14.7. The van der Waals surface area contributed by atoms with Crippen molar-refractivity contribution in [3.05, 3.63) is 46.8 Å². The van der Waals surface area contributed by atoms with Gasteiger partial charge >= 0.3 is 6.18 Å². The van der Waals surface area contributed by atoms with E-state index in [0.29, 0.717) is 31.8 Å². The third kappa shape index (κ3) is 3.93. The summed E-state index contributed by atoms with van der Waals surface area (Å²) in [5.74, 6) is -1.21. The van der Waals surface area contributed by atoms with E-state index in [4.69, 9.17) is 0 Å². The smallest absolute Gasteiger partial charge is 0.347 e. The summed E-state index contributed by atoms with van der Waals surface area (Å²) < 4.78 is 66.5.